The lowest BCUT2D eigenvalue weighted by molar-refractivity contribution is -0.201. The Morgan fingerprint density at radius 1 is 0.853 bits per heavy atom. The molecule has 0 amide bonds. The molecule has 2 aromatic rings. The molecule has 0 saturated carbocycles. The van der Waals surface area contributed by atoms with Gasteiger partial charge < -0.3 is 19.5 Å². The standard InChI is InChI=1S/C25H30F3NO5/c26-25(27,28)24(31)34-23(30)13-15-29-14-12-20-10-7-11-22(18-20)33-17-6-2-5-16-32-19-21-8-3-1-4-9-21/h1,3-4,7-11,18,29H,2,5-6,12-17,19H2. The van der Waals surface area contributed by atoms with Gasteiger partial charge in [-0.3, -0.25) is 4.79 Å². The number of rotatable bonds is 15. The van der Waals surface area contributed by atoms with Gasteiger partial charge in [0, 0.05) is 13.2 Å². The first-order chi connectivity index (χ1) is 16.3. The maximum absolute atomic E-state index is 12.0. The molecule has 1 N–H and O–H groups in total. The summed E-state index contributed by atoms with van der Waals surface area (Å²) in [5.74, 6) is -2.94. The van der Waals surface area contributed by atoms with E-state index in [0.29, 0.717) is 32.8 Å². The van der Waals surface area contributed by atoms with Crippen LogP contribution in [0.1, 0.15) is 36.8 Å². The van der Waals surface area contributed by atoms with Crippen molar-refractivity contribution in [3.63, 3.8) is 0 Å². The van der Waals surface area contributed by atoms with Crippen molar-refractivity contribution in [2.75, 3.05) is 26.3 Å². The highest BCUT2D eigenvalue weighted by Gasteiger charge is 2.42. The number of carbonyl (C=O) groups excluding carboxylic acids is 2. The van der Waals surface area contributed by atoms with Crippen LogP contribution in [0.5, 0.6) is 5.75 Å². The predicted molar refractivity (Wildman–Crippen MR) is 120 cm³/mol. The molecule has 0 bridgehead atoms. The summed E-state index contributed by atoms with van der Waals surface area (Å²) >= 11 is 0. The fraction of sp³-hybridized carbons (Fsp3) is 0.440. The number of carbonyl (C=O) groups is 2. The molecule has 2 aromatic carbocycles. The Morgan fingerprint density at radius 2 is 1.59 bits per heavy atom. The van der Waals surface area contributed by atoms with Crippen LogP contribution in [0.25, 0.3) is 0 Å². The van der Waals surface area contributed by atoms with Crippen molar-refractivity contribution in [2.24, 2.45) is 0 Å². The average molecular weight is 482 g/mol. The van der Waals surface area contributed by atoms with E-state index in [2.05, 4.69) is 10.1 Å². The lowest BCUT2D eigenvalue weighted by atomic mass is 10.1. The fourth-order valence-electron chi connectivity index (χ4n) is 2.99. The van der Waals surface area contributed by atoms with Gasteiger partial charge in [0.15, 0.2) is 0 Å². The quantitative estimate of drug-likeness (QED) is 0.228. The lowest BCUT2D eigenvalue weighted by Gasteiger charge is -2.09. The first-order valence-corrected chi connectivity index (χ1v) is 11.2. The molecule has 2 rings (SSSR count). The zero-order valence-electron chi connectivity index (χ0n) is 18.9. The molecule has 0 aliphatic heterocycles. The van der Waals surface area contributed by atoms with Crippen LogP contribution >= 0.6 is 0 Å². The second-order valence-corrected chi connectivity index (χ2v) is 7.60. The topological polar surface area (TPSA) is 73.9 Å². The number of hydrogen-bond donors (Lipinski definition) is 1. The maximum Gasteiger partial charge on any atom is 0.491 e. The van der Waals surface area contributed by atoms with Crippen LogP contribution < -0.4 is 10.1 Å². The Balaban J connectivity index is 1.51. The van der Waals surface area contributed by atoms with Crippen LogP contribution in [0, 0.1) is 0 Å². The van der Waals surface area contributed by atoms with Crippen molar-refractivity contribution in [2.45, 2.75) is 44.9 Å². The van der Waals surface area contributed by atoms with Crippen molar-refractivity contribution >= 4 is 11.9 Å². The van der Waals surface area contributed by atoms with Crippen molar-refractivity contribution in [3.05, 3.63) is 65.7 Å². The summed E-state index contributed by atoms with van der Waals surface area (Å²) in [5.41, 5.74) is 2.19. The molecule has 0 spiro atoms. The minimum absolute atomic E-state index is 0.106. The van der Waals surface area contributed by atoms with Gasteiger partial charge in [0.2, 0.25) is 0 Å². The van der Waals surface area contributed by atoms with Crippen LogP contribution in [0.2, 0.25) is 0 Å². The molecule has 0 saturated heterocycles. The third kappa shape index (κ3) is 11.8. The highest BCUT2D eigenvalue weighted by molar-refractivity contribution is 5.88. The van der Waals surface area contributed by atoms with E-state index in [9.17, 15) is 22.8 Å². The largest absolute Gasteiger partial charge is 0.494 e. The summed E-state index contributed by atoms with van der Waals surface area (Å²) in [6.45, 7) is 2.57. The van der Waals surface area contributed by atoms with E-state index in [0.717, 1.165) is 30.6 Å². The van der Waals surface area contributed by atoms with Gasteiger partial charge in [0.05, 0.1) is 19.6 Å². The zero-order valence-corrected chi connectivity index (χ0v) is 18.9. The van der Waals surface area contributed by atoms with Crippen LogP contribution in [0.3, 0.4) is 0 Å². The minimum atomic E-state index is -5.17. The number of unbranched alkanes of at least 4 members (excludes halogenated alkanes) is 2. The lowest BCUT2D eigenvalue weighted by Crippen LogP contribution is -2.29. The van der Waals surface area contributed by atoms with Crippen molar-refractivity contribution in [1.29, 1.82) is 0 Å². The minimum Gasteiger partial charge on any atom is -0.494 e. The molecule has 34 heavy (non-hydrogen) atoms. The van der Waals surface area contributed by atoms with E-state index in [4.69, 9.17) is 9.47 Å². The molecule has 0 radical (unpaired) electrons. The normalized spacial score (nSPS) is 11.3. The van der Waals surface area contributed by atoms with E-state index in [1.54, 1.807) is 0 Å². The Morgan fingerprint density at radius 3 is 2.35 bits per heavy atom. The summed E-state index contributed by atoms with van der Waals surface area (Å²) in [5, 5.41) is 2.94. The van der Waals surface area contributed by atoms with Crippen LogP contribution in [0.4, 0.5) is 13.2 Å². The summed E-state index contributed by atoms with van der Waals surface area (Å²) in [7, 11) is 0. The van der Waals surface area contributed by atoms with E-state index in [-0.39, 0.29) is 13.0 Å². The molecular formula is C25H30F3NO5. The van der Waals surface area contributed by atoms with Crippen LogP contribution in [0.15, 0.2) is 54.6 Å². The molecule has 0 heterocycles. The molecule has 9 heteroatoms. The zero-order chi connectivity index (χ0) is 24.7. The molecule has 0 aromatic heterocycles. The molecule has 186 valence electrons. The van der Waals surface area contributed by atoms with Gasteiger partial charge in [0.1, 0.15) is 5.75 Å². The molecule has 0 unspecified atom stereocenters. The van der Waals surface area contributed by atoms with Crippen LogP contribution in [-0.2, 0) is 32.1 Å². The smallest absolute Gasteiger partial charge is 0.491 e. The molecule has 6 nitrogen and oxygen atoms in total. The van der Waals surface area contributed by atoms with Crippen molar-refractivity contribution in [3.8, 4) is 5.75 Å². The number of alkyl halides is 3. The first kappa shape index (κ1) is 27.3. The third-order valence-electron chi connectivity index (χ3n) is 4.75. The van der Waals surface area contributed by atoms with Crippen molar-refractivity contribution in [1.82, 2.24) is 5.32 Å². The Hall–Kier alpha value is -2.91. The second-order valence-electron chi connectivity index (χ2n) is 7.60. The number of nitrogens with one attached hydrogen (secondary N) is 1. The van der Waals surface area contributed by atoms with Gasteiger partial charge in [-0.15, -0.1) is 0 Å². The molecule has 0 atom stereocenters. The SMILES string of the molecule is O=C(CCNCCc1cccc(OCCCCCOCc2ccccc2)c1)OC(=O)C(F)(F)F. The number of hydrogen-bond acceptors (Lipinski definition) is 6. The van der Waals surface area contributed by atoms with E-state index in [1.807, 2.05) is 54.6 Å². The maximum atomic E-state index is 12.0. The van der Waals surface area contributed by atoms with Crippen LogP contribution in [-0.4, -0.2) is 44.4 Å². The van der Waals surface area contributed by atoms with E-state index >= 15 is 0 Å². The van der Waals surface area contributed by atoms with Gasteiger partial charge in [-0.1, -0.05) is 42.5 Å². The number of halogens is 3. The second kappa shape index (κ2) is 15.1. The number of ether oxygens (including phenoxy) is 3. The van der Waals surface area contributed by atoms with E-state index in [1.165, 1.54) is 5.56 Å². The first-order valence-electron chi connectivity index (χ1n) is 11.2. The summed E-state index contributed by atoms with van der Waals surface area (Å²) in [6, 6.07) is 17.7. The summed E-state index contributed by atoms with van der Waals surface area (Å²) in [6.07, 6.45) is -1.95. The van der Waals surface area contributed by atoms with E-state index < -0.39 is 18.1 Å². The third-order valence-corrected chi connectivity index (χ3v) is 4.75. The van der Waals surface area contributed by atoms with Gasteiger partial charge >= 0.3 is 18.1 Å². The highest BCUT2D eigenvalue weighted by atomic mass is 19.4. The highest BCUT2D eigenvalue weighted by Crippen LogP contribution is 2.17. The number of benzene rings is 2. The average Bonchev–Trinajstić information content (AvgIpc) is 2.81. The Kier molecular flexibility index (Phi) is 12.1. The number of esters is 2. The monoisotopic (exact) mass is 481 g/mol. The molecule has 0 fully saturated rings. The molecule has 0 aliphatic carbocycles. The summed E-state index contributed by atoms with van der Waals surface area (Å²) < 4.78 is 51.3. The Labute approximate surface area is 197 Å². The molecule has 0 aliphatic rings. The van der Waals surface area contributed by atoms with Gasteiger partial charge in [-0.05, 0) is 55.5 Å². The predicted octanol–water partition coefficient (Wildman–Crippen LogP) is 4.61. The van der Waals surface area contributed by atoms with Gasteiger partial charge in [-0.2, -0.15) is 13.2 Å². The van der Waals surface area contributed by atoms with Gasteiger partial charge in [-0.25, -0.2) is 4.79 Å². The fourth-order valence-corrected chi connectivity index (χ4v) is 2.99. The van der Waals surface area contributed by atoms with Crippen molar-refractivity contribution < 1.29 is 37.0 Å². The summed E-state index contributed by atoms with van der Waals surface area (Å²) in [4.78, 5) is 21.8. The Bertz CT molecular complexity index is 874. The van der Waals surface area contributed by atoms with Gasteiger partial charge in [0.25, 0.3) is 0 Å². The molecular weight excluding hydrogens is 451 g/mol.